The first-order valence-corrected chi connectivity index (χ1v) is 5.52. The van der Waals surface area contributed by atoms with Crippen molar-refractivity contribution in [3.63, 3.8) is 0 Å². The summed E-state index contributed by atoms with van der Waals surface area (Å²) < 4.78 is 0. The van der Waals surface area contributed by atoms with Crippen LogP contribution in [0.3, 0.4) is 0 Å². The van der Waals surface area contributed by atoms with Crippen LogP contribution >= 0.6 is 0 Å². The first-order valence-electron chi connectivity index (χ1n) is 5.52. The summed E-state index contributed by atoms with van der Waals surface area (Å²) in [7, 11) is 1.80. The maximum absolute atomic E-state index is 10.8. The van der Waals surface area contributed by atoms with Crippen LogP contribution in [0, 0.1) is 6.92 Å². The molecule has 4 nitrogen and oxygen atoms in total. The maximum Gasteiger partial charge on any atom is 0.336 e. The molecule has 0 bridgehead atoms. The van der Waals surface area contributed by atoms with Crippen molar-refractivity contribution < 1.29 is 15.0 Å². The first kappa shape index (κ1) is 13.7. The standard InChI is InChI=1S/C13H19NO3/c1-10-6-4-5-7-11(10)8-14(3)9-13(2,17)12(15)16/h4-7,17H,8-9H2,1-3H3,(H,15,16). The molecule has 2 N–H and O–H groups in total. The van der Waals surface area contributed by atoms with Gasteiger partial charge in [0, 0.05) is 13.1 Å². The lowest BCUT2D eigenvalue weighted by Crippen LogP contribution is -2.45. The Balaban J connectivity index is 2.65. The number of carboxylic acid groups (broad SMARTS) is 1. The Morgan fingerprint density at radius 2 is 2.00 bits per heavy atom. The summed E-state index contributed by atoms with van der Waals surface area (Å²) in [6.07, 6.45) is 0. The highest BCUT2D eigenvalue weighted by Crippen LogP contribution is 2.12. The van der Waals surface area contributed by atoms with E-state index in [4.69, 9.17) is 5.11 Å². The van der Waals surface area contributed by atoms with Crippen molar-refractivity contribution in [2.45, 2.75) is 26.0 Å². The molecule has 17 heavy (non-hydrogen) atoms. The number of nitrogens with zero attached hydrogens (tertiary/aromatic N) is 1. The Morgan fingerprint density at radius 3 is 2.53 bits per heavy atom. The average Bonchev–Trinajstić information content (AvgIpc) is 2.20. The van der Waals surface area contributed by atoms with Gasteiger partial charge in [-0.25, -0.2) is 4.79 Å². The molecule has 0 radical (unpaired) electrons. The molecule has 0 saturated heterocycles. The van der Waals surface area contributed by atoms with Gasteiger partial charge < -0.3 is 10.2 Å². The number of carbonyl (C=O) groups is 1. The van der Waals surface area contributed by atoms with E-state index >= 15 is 0 Å². The van der Waals surface area contributed by atoms with Gasteiger partial charge in [0.05, 0.1) is 0 Å². The zero-order valence-electron chi connectivity index (χ0n) is 10.5. The Labute approximate surface area is 101 Å². The van der Waals surface area contributed by atoms with Gasteiger partial charge >= 0.3 is 5.97 Å². The molecule has 0 aliphatic heterocycles. The van der Waals surface area contributed by atoms with Crippen LogP contribution < -0.4 is 0 Å². The van der Waals surface area contributed by atoms with Gasteiger partial charge in [0.25, 0.3) is 0 Å². The fraction of sp³-hybridized carbons (Fsp3) is 0.462. The highest BCUT2D eigenvalue weighted by atomic mass is 16.4. The Hall–Kier alpha value is -1.39. The number of aryl methyl sites for hydroxylation is 1. The molecule has 0 aromatic heterocycles. The predicted molar refractivity (Wildman–Crippen MR) is 65.8 cm³/mol. The summed E-state index contributed by atoms with van der Waals surface area (Å²) in [5.74, 6) is -1.20. The van der Waals surface area contributed by atoms with Gasteiger partial charge in [-0.15, -0.1) is 0 Å². The molecule has 0 amide bonds. The molecule has 0 fully saturated rings. The second-order valence-corrected chi connectivity index (χ2v) is 4.68. The van der Waals surface area contributed by atoms with Crippen molar-refractivity contribution >= 4 is 5.97 Å². The van der Waals surface area contributed by atoms with Crippen LogP contribution in [0.2, 0.25) is 0 Å². The van der Waals surface area contributed by atoms with E-state index in [1.54, 1.807) is 11.9 Å². The maximum atomic E-state index is 10.8. The molecule has 0 aliphatic rings. The Bertz CT molecular complexity index is 401. The van der Waals surface area contributed by atoms with E-state index in [0.717, 1.165) is 11.1 Å². The van der Waals surface area contributed by atoms with Crippen LogP contribution in [0.25, 0.3) is 0 Å². The molecule has 0 saturated carbocycles. The van der Waals surface area contributed by atoms with Crippen molar-refractivity contribution in [2.24, 2.45) is 0 Å². The molecule has 0 heterocycles. The van der Waals surface area contributed by atoms with Gasteiger partial charge in [-0.3, -0.25) is 4.90 Å². The predicted octanol–water partition coefficient (Wildman–Crippen LogP) is 1.26. The van der Waals surface area contributed by atoms with Gasteiger partial charge in [-0.2, -0.15) is 0 Å². The van der Waals surface area contributed by atoms with E-state index in [0.29, 0.717) is 6.54 Å². The van der Waals surface area contributed by atoms with E-state index in [1.807, 2.05) is 31.2 Å². The van der Waals surface area contributed by atoms with Crippen molar-refractivity contribution in [1.82, 2.24) is 4.90 Å². The second kappa shape index (κ2) is 5.29. The average molecular weight is 237 g/mol. The zero-order valence-corrected chi connectivity index (χ0v) is 10.5. The van der Waals surface area contributed by atoms with E-state index in [9.17, 15) is 9.90 Å². The molecule has 1 atom stereocenters. The van der Waals surface area contributed by atoms with E-state index in [2.05, 4.69) is 0 Å². The topological polar surface area (TPSA) is 60.8 Å². The molecular weight excluding hydrogens is 218 g/mol. The van der Waals surface area contributed by atoms with Crippen LogP contribution in [-0.2, 0) is 11.3 Å². The van der Waals surface area contributed by atoms with E-state index in [-0.39, 0.29) is 6.54 Å². The van der Waals surface area contributed by atoms with Crippen LogP contribution in [0.15, 0.2) is 24.3 Å². The zero-order chi connectivity index (χ0) is 13.1. The van der Waals surface area contributed by atoms with Crippen LogP contribution in [0.1, 0.15) is 18.1 Å². The summed E-state index contributed by atoms with van der Waals surface area (Å²) in [5, 5.41) is 18.5. The second-order valence-electron chi connectivity index (χ2n) is 4.68. The minimum atomic E-state index is -1.71. The number of hydrogen-bond donors (Lipinski definition) is 2. The molecule has 1 rings (SSSR count). The number of rotatable bonds is 5. The lowest BCUT2D eigenvalue weighted by molar-refractivity contribution is -0.158. The molecule has 4 heteroatoms. The molecule has 0 aliphatic carbocycles. The van der Waals surface area contributed by atoms with Crippen LogP contribution in [0.4, 0.5) is 0 Å². The van der Waals surface area contributed by atoms with Gasteiger partial charge in [0.2, 0.25) is 0 Å². The lowest BCUT2D eigenvalue weighted by atomic mass is 10.1. The highest BCUT2D eigenvalue weighted by Gasteiger charge is 2.31. The normalized spacial score (nSPS) is 14.6. The molecule has 94 valence electrons. The number of hydrogen-bond acceptors (Lipinski definition) is 3. The Kier molecular flexibility index (Phi) is 4.26. The van der Waals surface area contributed by atoms with Gasteiger partial charge in [0.15, 0.2) is 5.60 Å². The molecule has 1 unspecified atom stereocenters. The SMILES string of the molecule is Cc1ccccc1CN(C)CC(C)(O)C(=O)O. The molecule has 1 aromatic rings. The monoisotopic (exact) mass is 237 g/mol. The van der Waals surface area contributed by atoms with Crippen molar-refractivity contribution in [3.8, 4) is 0 Å². The smallest absolute Gasteiger partial charge is 0.336 e. The number of likely N-dealkylation sites (N-methyl/N-ethyl adjacent to an activating group) is 1. The fourth-order valence-corrected chi connectivity index (χ4v) is 1.73. The van der Waals surface area contributed by atoms with Gasteiger partial charge in [0.1, 0.15) is 0 Å². The number of aliphatic carboxylic acids is 1. The third-order valence-corrected chi connectivity index (χ3v) is 2.74. The van der Waals surface area contributed by atoms with E-state index < -0.39 is 11.6 Å². The molecule has 1 aromatic carbocycles. The third kappa shape index (κ3) is 3.84. The summed E-state index contributed by atoms with van der Waals surface area (Å²) in [5.41, 5.74) is 0.586. The fourth-order valence-electron chi connectivity index (χ4n) is 1.73. The molecule has 0 spiro atoms. The van der Waals surface area contributed by atoms with Crippen LogP contribution in [0.5, 0.6) is 0 Å². The van der Waals surface area contributed by atoms with Crippen molar-refractivity contribution in [3.05, 3.63) is 35.4 Å². The summed E-state index contributed by atoms with van der Waals surface area (Å²) in [6.45, 7) is 4.04. The van der Waals surface area contributed by atoms with Crippen molar-refractivity contribution in [2.75, 3.05) is 13.6 Å². The quantitative estimate of drug-likeness (QED) is 0.809. The minimum Gasteiger partial charge on any atom is -0.479 e. The van der Waals surface area contributed by atoms with Crippen LogP contribution in [-0.4, -0.2) is 40.3 Å². The summed E-state index contributed by atoms with van der Waals surface area (Å²) in [4.78, 5) is 12.6. The first-order chi connectivity index (χ1) is 7.83. The lowest BCUT2D eigenvalue weighted by Gasteiger charge is -2.25. The highest BCUT2D eigenvalue weighted by molar-refractivity contribution is 5.76. The molecular formula is C13H19NO3. The number of aliphatic hydroxyl groups is 1. The van der Waals surface area contributed by atoms with Gasteiger partial charge in [-0.05, 0) is 32.0 Å². The van der Waals surface area contributed by atoms with E-state index in [1.165, 1.54) is 6.92 Å². The van der Waals surface area contributed by atoms with Crippen molar-refractivity contribution in [1.29, 1.82) is 0 Å². The Morgan fingerprint density at radius 1 is 1.41 bits per heavy atom. The number of benzene rings is 1. The minimum absolute atomic E-state index is 0.0939. The van der Waals surface area contributed by atoms with Gasteiger partial charge in [-0.1, -0.05) is 24.3 Å². The third-order valence-electron chi connectivity index (χ3n) is 2.74. The number of carboxylic acids is 1. The summed E-state index contributed by atoms with van der Waals surface area (Å²) >= 11 is 0. The summed E-state index contributed by atoms with van der Waals surface area (Å²) in [6, 6.07) is 7.93. The largest absolute Gasteiger partial charge is 0.479 e.